The molecule has 1 saturated heterocycles. The molecule has 2 aromatic rings. The van der Waals surface area contributed by atoms with Gasteiger partial charge in [-0.1, -0.05) is 12.1 Å². The SMILES string of the molecule is Cc1occc1-c1noc(CC(C)C2CCCNC2)n1. The molecule has 0 aliphatic carbocycles. The van der Waals surface area contributed by atoms with Gasteiger partial charge < -0.3 is 14.3 Å². The average molecular weight is 275 g/mol. The molecule has 0 amide bonds. The van der Waals surface area contributed by atoms with Gasteiger partial charge in [0.2, 0.25) is 11.7 Å². The van der Waals surface area contributed by atoms with Gasteiger partial charge in [0.1, 0.15) is 5.76 Å². The van der Waals surface area contributed by atoms with E-state index in [1.807, 2.05) is 13.0 Å². The van der Waals surface area contributed by atoms with Gasteiger partial charge >= 0.3 is 0 Å². The van der Waals surface area contributed by atoms with Crippen molar-refractivity contribution in [3.63, 3.8) is 0 Å². The van der Waals surface area contributed by atoms with E-state index >= 15 is 0 Å². The second kappa shape index (κ2) is 5.79. The smallest absolute Gasteiger partial charge is 0.227 e. The summed E-state index contributed by atoms with van der Waals surface area (Å²) in [5, 5.41) is 7.51. The van der Waals surface area contributed by atoms with Crippen LogP contribution in [0.4, 0.5) is 0 Å². The summed E-state index contributed by atoms with van der Waals surface area (Å²) < 4.78 is 10.7. The zero-order valence-electron chi connectivity index (χ0n) is 12.1. The predicted octanol–water partition coefficient (Wildman–Crippen LogP) is 2.82. The van der Waals surface area contributed by atoms with Crippen molar-refractivity contribution in [1.82, 2.24) is 15.5 Å². The topological polar surface area (TPSA) is 64.1 Å². The lowest BCUT2D eigenvalue weighted by Crippen LogP contribution is -2.33. The van der Waals surface area contributed by atoms with Gasteiger partial charge in [0.05, 0.1) is 11.8 Å². The fourth-order valence-electron chi connectivity index (χ4n) is 2.87. The maximum absolute atomic E-state index is 5.38. The van der Waals surface area contributed by atoms with Crippen molar-refractivity contribution in [2.45, 2.75) is 33.1 Å². The van der Waals surface area contributed by atoms with Crippen LogP contribution in [-0.4, -0.2) is 23.2 Å². The zero-order chi connectivity index (χ0) is 13.9. The van der Waals surface area contributed by atoms with Gasteiger partial charge in [-0.3, -0.25) is 0 Å². The molecule has 1 N–H and O–H groups in total. The van der Waals surface area contributed by atoms with Crippen molar-refractivity contribution in [3.8, 4) is 11.4 Å². The van der Waals surface area contributed by atoms with Gasteiger partial charge in [0, 0.05) is 6.42 Å². The van der Waals surface area contributed by atoms with Crippen LogP contribution in [0, 0.1) is 18.8 Å². The Bertz CT molecular complexity index is 555. The summed E-state index contributed by atoms with van der Waals surface area (Å²) in [6.07, 6.45) is 5.04. The monoisotopic (exact) mass is 275 g/mol. The van der Waals surface area contributed by atoms with Gasteiger partial charge in [-0.05, 0) is 50.8 Å². The van der Waals surface area contributed by atoms with E-state index in [1.54, 1.807) is 6.26 Å². The molecule has 0 radical (unpaired) electrons. The summed E-state index contributed by atoms with van der Waals surface area (Å²) in [7, 11) is 0. The van der Waals surface area contributed by atoms with Crippen LogP contribution in [0.3, 0.4) is 0 Å². The molecule has 5 nitrogen and oxygen atoms in total. The second-order valence-corrected chi connectivity index (χ2v) is 5.69. The average Bonchev–Trinajstić information content (AvgIpc) is 3.08. The van der Waals surface area contributed by atoms with Gasteiger partial charge in [-0.25, -0.2) is 0 Å². The van der Waals surface area contributed by atoms with E-state index in [-0.39, 0.29) is 0 Å². The van der Waals surface area contributed by atoms with Crippen molar-refractivity contribution in [2.24, 2.45) is 11.8 Å². The highest BCUT2D eigenvalue weighted by atomic mass is 16.5. The number of furan rings is 1. The van der Waals surface area contributed by atoms with Crippen LogP contribution in [-0.2, 0) is 6.42 Å². The van der Waals surface area contributed by atoms with E-state index in [9.17, 15) is 0 Å². The second-order valence-electron chi connectivity index (χ2n) is 5.69. The minimum Gasteiger partial charge on any atom is -0.469 e. The Kier molecular flexibility index (Phi) is 3.87. The molecule has 108 valence electrons. The number of nitrogens with one attached hydrogen (secondary N) is 1. The predicted molar refractivity (Wildman–Crippen MR) is 75.2 cm³/mol. The van der Waals surface area contributed by atoms with E-state index in [1.165, 1.54) is 12.8 Å². The number of aryl methyl sites for hydroxylation is 1. The first kappa shape index (κ1) is 13.4. The van der Waals surface area contributed by atoms with Crippen LogP contribution >= 0.6 is 0 Å². The Morgan fingerprint density at radius 3 is 3.10 bits per heavy atom. The molecule has 1 aliphatic rings. The summed E-state index contributed by atoms with van der Waals surface area (Å²) in [6.45, 7) is 6.42. The molecule has 20 heavy (non-hydrogen) atoms. The van der Waals surface area contributed by atoms with Crippen LogP contribution in [0.1, 0.15) is 31.4 Å². The van der Waals surface area contributed by atoms with Crippen LogP contribution in [0.25, 0.3) is 11.4 Å². The lowest BCUT2D eigenvalue weighted by molar-refractivity contribution is 0.257. The van der Waals surface area contributed by atoms with Crippen molar-refractivity contribution >= 4 is 0 Å². The molecule has 3 rings (SSSR count). The Balaban J connectivity index is 1.66. The molecule has 0 saturated carbocycles. The van der Waals surface area contributed by atoms with E-state index in [2.05, 4.69) is 22.4 Å². The number of hydrogen-bond acceptors (Lipinski definition) is 5. The Morgan fingerprint density at radius 1 is 1.50 bits per heavy atom. The molecule has 1 fully saturated rings. The molecule has 2 atom stereocenters. The van der Waals surface area contributed by atoms with E-state index in [0.29, 0.717) is 17.7 Å². The summed E-state index contributed by atoms with van der Waals surface area (Å²) in [5.41, 5.74) is 0.909. The Morgan fingerprint density at radius 2 is 2.40 bits per heavy atom. The molecule has 3 heterocycles. The van der Waals surface area contributed by atoms with Crippen molar-refractivity contribution in [3.05, 3.63) is 24.0 Å². The highest BCUT2D eigenvalue weighted by Gasteiger charge is 2.22. The van der Waals surface area contributed by atoms with Crippen LogP contribution in [0.2, 0.25) is 0 Å². The normalized spacial score (nSPS) is 21.0. The van der Waals surface area contributed by atoms with E-state index < -0.39 is 0 Å². The highest BCUT2D eigenvalue weighted by molar-refractivity contribution is 5.56. The van der Waals surface area contributed by atoms with Crippen LogP contribution in [0.5, 0.6) is 0 Å². The first-order valence-electron chi connectivity index (χ1n) is 7.32. The zero-order valence-corrected chi connectivity index (χ0v) is 12.1. The highest BCUT2D eigenvalue weighted by Crippen LogP contribution is 2.25. The minimum absolute atomic E-state index is 0.557. The quantitative estimate of drug-likeness (QED) is 0.929. The van der Waals surface area contributed by atoms with Crippen molar-refractivity contribution < 1.29 is 8.94 Å². The fraction of sp³-hybridized carbons (Fsp3) is 0.600. The summed E-state index contributed by atoms with van der Waals surface area (Å²) >= 11 is 0. The number of piperidine rings is 1. The molecular formula is C15H21N3O2. The maximum Gasteiger partial charge on any atom is 0.227 e. The molecule has 0 spiro atoms. The fourth-order valence-corrected chi connectivity index (χ4v) is 2.87. The number of aromatic nitrogens is 2. The summed E-state index contributed by atoms with van der Waals surface area (Å²) in [4.78, 5) is 4.49. The first-order valence-corrected chi connectivity index (χ1v) is 7.32. The van der Waals surface area contributed by atoms with Gasteiger partial charge in [0.15, 0.2) is 0 Å². The lowest BCUT2D eigenvalue weighted by atomic mass is 9.85. The molecule has 2 aromatic heterocycles. The molecular weight excluding hydrogens is 254 g/mol. The third kappa shape index (κ3) is 2.77. The molecule has 0 bridgehead atoms. The Hall–Kier alpha value is -1.62. The van der Waals surface area contributed by atoms with Gasteiger partial charge in [-0.15, -0.1) is 0 Å². The van der Waals surface area contributed by atoms with Crippen molar-refractivity contribution in [2.75, 3.05) is 13.1 Å². The van der Waals surface area contributed by atoms with Gasteiger partial charge in [0.25, 0.3) is 0 Å². The number of hydrogen-bond donors (Lipinski definition) is 1. The summed E-state index contributed by atoms with van der Waals surface area (Å²) in [5.74, 6) is 3.43. The molecule has 5 heteroatoms. The molecule has 0 aromatic carbocycles. The standard InChI is InChI=1S/C15H21N3O2/c1-10(12-4-3-6-16-9-12)8-14-17-15(18-20-14)13-5-7-19-11(13)2/h5,7,10,12,16H,3-4,6,8-9H2,1-2H3. The number of rotatable bonds is 4. The van der Waals surface area contributed by atoms with Crippen LogP contribution < -0.4 is 5.32 Å². The lowest BCUT2D eigenvalue weighted by Gasteiger charge is -2.27. The first-order chi connectivity index (χ1) is 9.74. The van der Waals surface area contributed by atoms with Crippen molar-refractivity contribution in [1.29, 1.82) is 0 Å². The minimum atomic E-state index is 0.557. The third-order valence-corrected chi connectivity index (χ3v) is 4.20. The van der Waals surface area contributed by atoms with Crippen LogP contribution in [0.15, 0.2) is 21.3 Å². The van der Waals surface area contributed by atoms with E-state index in [0.717, 1.165) is 36.7 Å². The molecule has 1 aliphatic heterocycles. The van der Waals surface area contributed by atoms with Gasteiger partial charge in [-0.2, -0.15) is 4.98 Å². The number of nitrogens with zero attached hydrogens (tertiary/aromatic N) is 2. The maximum atomic E-state index is 5.38. The van der Waals surface area contributed by atoms with E-state index in [4.69, 9.17) is 8.94 Å². The largest absolute Gasteiger partial charge is 0.469 e. The Labute approximate surface area is 118 Å². The molecule has 2 unspecified atom stereocenters. The summed E-state index contributed by atoms with van der Waals surface area (Å²) in [6, 6.07) is 1.87. The third-order valence-electron chi connectivity index (χ3n) is 4.20.